The van der Waals surface area contributed by atoms with Crippen LogP contribution in [0.1, 0.15) is 24.2 Å². The number of amides is 1. The molecular weight excluding hydrogens is 330 g/mol. The summed E-state index contributed by atoms with van der Waals surface area (Å²) < 4.78 is 11.5. The number of benzene rings is 1. The zero-order chi connectivity index (χ0) is 19.2. The van der Waals surface area contributed by atoms with Gasteiger partial charge in [-0.2, -0.15) is 0 Å². The van der Waals surface area contributed by atoms with Crippen LogP contribution in [0.5, 0.6) is 0 Å². The van der Waals surface area contributed by atoms with E-state index < -0.39 is 0 Å². The number of anilines is 1. The van der Waals surface area contributed by atoms with Crippen molar-refractivity contribution in [3.05, 3.63) is 53.6 Å². The summed E-state index contributed by atoms with van der Waals surface area (Å²) in [6.45, 7) is 6.59. The van der Waals surface area contributed by atoms with Crippen LogP contribution in [0.15, 0.2) is 48.1 Å². The zero-order valence-corrected chi connectivity index (χ0v) is 16.0. The Hall–Kier alpha value is -2.15. The molecule has 0 aliphatic heterocycles. The van der Waals surface area contributed by atoms with E-state index >= 15 is 0 Å². The maximum atomic E-state index is 12.2. The lowest BCUT2D eigenvalue weighted by Gasteiger charge is -2.19. The standard InChI is InChI=1S/C20H31N3O3/c1-4-5-6-16(2)14-25-15-19(26-12-11-22-3)13-23-20(24)17-7-9-18(21)10-8-17/h4-10,19,22H,11-15,21H2,1-3H3,(H,23,24)/b5-4-,16-6+. The molecule has 1 unspecified atom stereocenters. The topological polar surface area (TPSA) is 85.6 Å². The molecule has 0 radical (unpaired) electrons. The van der Waals surface area contributed by atoms with Gasteiger partial charge in [-0.1, -0.05) is 18.2 Å². The summed E-state index contributed by atoms with van der Waals surface area (Å²) in [5, 5.41) is 5.92. The Morgan fingerprint density at radius 3 is 2.69 bits per heavy atom. The molecule has 6 nitrogen and oxygen atoms in total. The normalized spacial score (nSPS) is 13.1. The lowest BCUT2D eigenvalue weighted by molar-refractivity contribution is -0.00805. The lowest BCUT2D eigenvalue weighted by Crippen LogP contribution is -2.37. The number of likely N-dealkylation sites (N-methyl/N-ethyl adjacent to an activating group) is 1. The molecule has 1 aromatic carbocycles. The number of nitrogens with one attached hydrogen (secondary N) is 2. The first-order chi connectivity index (χ1) is 12.6. The van der Waals surface area contributed by atoms with Crippen LogP contribution in [0.25, 0.3) is 0 Å². The first kappa shape index (κ1) is 21.9. The summed E-state index contributed by atoms with van der Waals surface area (Å²) in [5.41, 5.74) is 7.97. The highest BCUT2D eigenvalue weighted by atomic mass is 16.5. The molecule has 0 bridgehead atoms. The molecule has 0 spiro atoms. The van der Waals surface area contributed by atoms with E-state index in [1.54, 1.807) is 24.3 Å². The Labute approximate surface area is 156 Å². The van der Waals surface area contributed by atoms with Gasteiger partial charge in [0.05, 0.1) is 25.9 Å². The quantitative estimate of drug-likeness (QED) is 0.302. The van der Waals surface area contributed by atoms with Crippen molar-refractivity contribution < 1.29 is 14.3 Å². The van der Waals surface area contributed by atoms with Crippen molar-refractivity contribution in [1.82, 2.24) is 10.6 Å². The average molecular weight is 361 g/mol. The third-order valence-corrected chi connectivity index (χ3v) is 3.58. The van der Waals surface area contributed by atoms with E-state index in [1.807, 2.05) is 39.1 Å². The zero-order valence-electron chi connectivity index (χ0n) is 16.0. The minimum atomic E-state index is -0.212. The minimum absolute atomic E-state index is 0.156. The van der Waals surface area contributed by atoms with Crippen molar-refractivity contribution in [2.45, 2.75) is 20.0 Å². The number of allylic oxidation sites excluding steroid dienone is 3. The molecule has 0 heterocycles. The first-order valence-corrected chi connectivity index (χ1v) is 8.83. The molecule has 1 atom stereocenters. The van der Waals surface area contributed by atoms with Crippen LogP contribution in [0.4, 0.5) is 5.69 Å². The van der Waals surface area contributed by atoms with E-state index in [1.165, 1.54) is 0 Å². The van der Waals surface area contributed by atoms with E-state index in [0.29, 0.717) is 37.6 Å². The molecule has 0 aromatic heterocycles. The summed E-state index contributed by atoms with van der Waals surface area (Å²) in [7, 11) is 1.87. The predicted octanol–water partition coefficient (Wildman–Crippen LogP) is 2.14. The maximum Gasteiger partial charge on any atom is 0.251 e. The number of rotatable bonds is 12. The highest BCUT2D eigenvalue weighted by molar-refractivity contribution is 5.94. The fourth-order valence-corrected chi connectivity index (χ4v) is 2.10. The molecule has 1 amide bonds. The van der Waals surface area contributed by atoms with Crippen molar-refractivity contribution in [2.75, 3.05) is 45.7 Å². The average Bonchev–Trinajstić information content (AvgIpc) is 2.64. The molecule has 0 aliphatic rings. The number of hydrogen-bond donors (Lipinski definition) is 3. The largest absolute Gasteiger partial charge is 0.399 e. The van der Waals surface area contributed by atoms with E-state index in [-0.39, 0.29) is 12.0 Å². The van der Waals surface area contributed by atoms with E-state index in [9.17, 15) is 4.79 Å². The second-order valence-electron chi connectivity index (χ2n) is 5.98. The second kappa shape index (κ2) is 13.1. The number of carbonyl (C=O) groups excluding carboxylic acids is 1. The van der Waals surface area contributed by atoms with Crippen molar-refractivity contribution in [3.63, 3.8) is 0 Å². The minimum Gasteiger partial charge on any atom is -0.399 e. The van der Waals surface area contributed by atoms with Gasteiger partial charge in [-0.3, -0.25) is 4.79 Å². The predicted molar refractivity (Wildman–Crippen MR) is 106 cm³/mol. The fourth-order valence-electron chi connectivity index (χ4n) is 2.10. The number of hydrogen-bond acceptors (Lipinski definition) is 5. The van der Waals surface area contributed by atoms with Gasteiger partial charge >= 0.3 is 0 Å². The van der Waals surface area contributed by atoms with Gasteiger partial charge in [-0.15, -0.1) is 0 Å². The molecule has 1 aromatic rings. The van der Waals surface area contributed by atoms with Crippen LogP contribution >= 0.6 is 0 Å². The molecule has 144 valence electrons. The van der Waals surface area contributed by atoms with E-state index in [2.05, 4.69) is 10.6 Å². The molecule has 6 heteroatoms. The fraction of sp³-hybridized carbons (Fsp3) is 0.450. The monoisotopic (exact) mass is 361 g/mol. The summed E-state index contributed by atoms with van der Waals surface area (Å²) in [6.07, 6.45) is 5.75. The third kappa shape index (κ3) is 9.36. The van der Waals surface area contributed by atoms with Crippen molar-refractivity contribution in [1.29, 1.82) is 0 Å². The van der Waals surface area contributed by atoms with E-state index in [0.717, 1.165) is 12.1 Å². The van der Waals surface area contributed by atoms with Crippen LogP contribution in [0.3, 0.4) is 0 Å². The highest BCUT2D eigenvalue weighted by Gasteiger charge is 2.12. The second-order valence-corrected chi connectivity index (χ2v) is 5.98. The molecule has 0 fully saturated rings. The van der Waals surface area contributed by atoms with Gasteiger partial charge in [0.1, 0.15) is 0 Å². The summed E-state index contributed by atoms with van der Waals surface area (Å²) in [4.78, 5) is 12.2. The molecular formula is C20H31N3O3. The van der Waals surface area contributed by atoms with Crippen molar-refractivity contribution >= 4 is 11.6 Å². The molecule has 0 saturated carbocycles. The van der Waals surface area contributed by atoms with Gasteiger partial charge in [0.25, 0.3) is 5.91 Å². The van der Waals surface area contributed by atoms with Crippen LogP contribution in [0.2, 0.25) is 0 Å². The molecule has 0 aliphatic carbocycles. The van der Waals surface area contributed by atoms with Gasteiger partial charge in [-0.25, -0.2) is 0 Å². The Morgan fingerprint density at radius 1 is 1.31 bits per heavy atom. The number of carbonyl (C=O) groups is 1. The Balaban J connectivity index is 2.48. The highest BCUT2D eigenvalue weighted by Crippen LogP contribution is 2.05. The van der Waals surface area contributed by atoms with E-state index in [4.69, 9.17) is 15.2 Å². The number of nitrogens with two attached hydrogens (primary N) is 1. The van der Waals surface area contributed by atoms with Crippen molar-refractivity contribution in [3.8, 4) is 0 Å². The molecule has 1 rings (SSSR count). The van der Waals surface area contributed by atoms with Gasteiger partial charge in [0, 0.05) is 24.3 Å². The van der Waals surface area contributed by atoms with Gasteiger partial charge in [0.2, 0.25) is 0 Å². The number of nitrogen functional groups attached to an aromatic ring is 1. The Bertz CT molecular complexity index is 582. The summed E-state index contributed by atoms with van der Waals surface area (Å²) >= 11 is 0. The maximum absolute atomic E-state index is 12.2. The van der Waals surface area contributed by atoms with Crippen LogP contribution < -0.4 is 16.4 Å². The SMILES string of the molecule is C/C=C\C=C(/C)COCC(CNC(=O)c1ccc(N)cc1)OCCNC. The summed E-state index contributed by atoms with van der Waals surface area (Å²) in [5.74, 6) is -0.156. The lowest BCUT2D eigenvalue weighted by atomic mass is 10.2. The van der Waals surface area contributed by atoms with Gasteiger partial charge < -0.3 is 25.8 Å². The Kier molecular flexibility index (Phi) is 11.0. The van der Waals surface area contributed by atoms with Crippen LogP contribution in [-0.4, -0.2) is 52.0 Å². The van der Waals surface area contributed by atoms with Crippen LogP contribution in [-0.2, 0) is 9.47 Å². The molecule has 26 heavy (non-hydrogen) atoms. The molecule has 0 saturated heterocycles. The molecule has 4 N–H and O–H groups in total. The number of ether oxygens (including phenoxy) is 2. The van der Waals surface area contributed by atoms with Gasteiger partial charge in [-0.05, 0) is 50.7 Å². The summed E-state index contributed by atoms with van der Waals surface area (Å²) in [6, 6.07) is 6.82. The Morgan fingerprint density at radius 2 is 2.04 bits per heavy atom. The first-order valence-electron chi connectivity index (χ1n) is 8.83. The smallest absolute Gasteiger partial charge is 0.251 e. The van der Waals surface area contributed by atoms with Gasteiger partial charge in [0.15, 0.2) is 0 Å². The third-order valence-electron chi connectivity index (χ3n) is 3.58. The van der Waals surface area contributed by atoms with Crippen LogP contribution in [0, 0.1) is 0 Å². The van der Waals surface area contributed by atoms with Crippen molar-refractivity contribution in [2.24, 2.45) is 0 Å².